The summed E-state index contributed by atoms with van der Waals surface area (Å²) >= 11 is 0. The number of pyridine rings is 1. The third kappa shape index (κ3) is 1.12. The summed E-state index contributed by atoms with van der Waals surface area (Å²) in [6.07, 6.45) is 1.59. The Bertz CT molecular complexity index is 921. The molecule has 1 aliphatic rings. The van der Waals surface area contributed by atoms with Crippen LogP contribution in [0.4, 0.5) is 4.39 Å². The number of halogens is 1. The molecule has 0 unspecified atom stereocenters. The highest BCUT2D eigenvalue weighted by Crippen LogP contribution is 2.30. The molecule has 0 atom stereocenters. The maximum absolute atomic E-state index is 13.8. The number of H-pyrrole nitrogens is 1. The van der Waals surface area contributed by atoms with Gasteiger partial charge in [0.25, 0.3) is 5.91 Å². The average Bonchev–Trinajstić information content (AvgIpc) is 2.94. The second-order valence-corrected chi connectivity index (χ2v) is 4.44. The van der Waals surface area contributed by atoms with E-state index in [2.05, 4.69) is 4.98 Å². The molecule has 1 aliphatic heterocycles. The molecule has 0 aliphatic carbocycles. The quantitative estimate of drug-likeness (QED) is 0.522. The number of carbonyl (C=O) groups is 1. The van der Waals surface area contributed by atoms with Gasteiger partial charge in [-0.25, -0.2) is 4.39 Å². The Labute approximate surface area is 106 Å². The van der Waals surface area contributed by atoms with E-state index in [1.807, 2.05) is 0 Å². The van der Waals surface area contributed by atoms with E-state index in [1.54, 1.807) is 24.4 Å². The highest BCUT2D eigenvalue weighted by Gasteiger charge is 2.30. The molecule has 0 radical (unpaired) electrons. The van der Waals surface area contributed by atoms with Gasteiger partial charge in [-0.3, -0.25) is 14.2 Å². The smallest absolute Gasteiger partial charge is 0.268 e. The third-order valence-corrected chi connectivity index (χ3v) is 3.41. The summed E-state index contributed by atoms with van der Waals surface area (Å²) < 4.78 is 15.1. The van der Waals surface area contributed by atoms with Crippen LogP contribution in [-0.4, -0.2) is 15.5 Å². The molecule has 4 nitrogen and oxygen atoms in total. The Morgan fingerprint density at radius 3 is 2.79 bits per heavy atom. The van der Waals surface area contributed by atoms with Crippen LogP contribution in [0.2, 0.25) is 0 Å². The van der Waals surface area contributed by atoms with Crippen molar-refractivity contribution < 1.29 is 9.18 Å². The molecule has 0 amide bonds. The lowest BCUT2D eigenvalue weighted by Crippen LogP contribution is -2.17. The molecule has 0 bridgehead atoms. The number of fused-ring (bicyclic) bond motifs is 4. The molecule has 3 heterocycles. The largest absolute Gasteiger partial charge is 0.352 e. The highest BCUT2D eigenvalue weighted by molar-refractivity contribution is 6.10. The Morgan fingerprint density at radius 2 is 1.95 bits per heavy atom. The summed E-state index contributed by atoms with van der Waals surface area (Å²) in [4.78, 5) is 27.4. The van der Waals surface area contributed by atoms with Crippen molar-refractivity contribution in [3.05, 3.63) is 58.1 Å². The fourth-order valence-electron chi connectivity index (χ4n) is 2.57. The zero-order chi connectivity index (χ0) is 13.1. The number of aromatic amines is 1. The van der Waals surface area contributed by atoms with Crippen LogP contribution in [0.5, 0.6) is 0 Å². The molecule has 4 rings (SSSR count). The van der Waals surface area contributed by atoms with E-state index >= 15 is 0 Å². The van der Waals surface area contributed by atoms with Gasteiger partial charge in [0.15, 0.2) is 0 Å². The molecule has 19 heavy (non-hydrogen) atoms. The average molecular weight is 254 g/mol. The molecule has 1 N–H and O–H groups in total. The zero-order valence-corrected chi connectivity index (χ0v) is 9.61. The van der Waals surface area contributed by atoms with Crippen molar-refractivity contribution in [1.82, 2.24) is 9.55 Å². The summed E-state index contributed by atoms with van der Waals surface area (Å²) in [5, 5.41) is -0.0691. The first-order valence-electron chi connectivity index (χ1n) is 5.75. The second-order valence-electron chi connectivity index (χ2n) is 4.44. The lowest BCUT2D eigenvalue weighted by atomic mass is 10.1. The first kappa shape index (κ1) is 10.3. The monoisotopic (exact) mass is 254 g/mol. The molecule has 92 valence electrons. The molecule has 5 heteroatoms. The van der Waals surface area contributed by atoms with Crippen molar-refractivity contribution in [2.24, 2.45) is 0 Å². The van der Waals surface area contributed by atoms with Gasteiger partial charge in [-0.1, -0.05) is 6.07 Å². The van der Waals surface area contributed by atoms with E-state index < -0.39 is 17.2 Å². The maximum atomic E-state index is 13.8. The van der Waals surface area contributed by atoms with Crippen LogP contribution >= 0.6 is 0 Å². The number of nitrogens with one attached hydrogen (secondary N) is 1. The van der Waals surface area contributed by atoms with Crippen molar-refractivity contribution in [2.45, 2.75) is 0 Å². The van der Waals surface area contributed by atoms with Crippen LogP contribution in [0.25, 0.3) is 22.3 Å². The zero-order valence-electron chi connectivity index (χ0n) is 9.61. The topological polar surface area (TPSA) is 54.9 Å². The van der Waals surface area contributed by atoms with E-state index in [-0.39, 0.29) is 10.9 Å². The van der Waals surface area contributed by atoms with Crippen LogP contribution in [0, 0.1) is 5.82 Å². The number of nitrogens with zero attached hydrogens (tertiary/aromatic N) is 1. The minimum absolute atomic E-state index is 0.00759. The Hall–Kier alpha value is -2.69. The number of aromatic nitrogens is 2. The van der Waals surface area contributed by atoms with E-state index in [1.165, 1.54) is 16.7 Å². The third-order valence-electron chi connectivity index (χ3n) is 3.41. The number of benzene rings is 1. The van der Waals surface area contributed by atoms with Crippen LogP contribution in [0.15, 0.2) is 41.3 Å². The van der Waals surface area contributed by atoms with Gasteiger partial charge in [-0.15, -0.1) is 0 Å². The van der Waals surface area contributed by atoms with Gasteiger partial charge < -0.3 is 4.98 Å². The van der Waals surface area contributed by atoms with Gasteiger partial charge in [0.2, 0.25) is 5.43 Å². The first-order valence-corrected chi connectivity index (χ1v) is 5.75. The maximum Gasteiger partial charge on any atom is 0.268 e. The van der Waals surface area contributed by atoms with Crippen LogP contribution in [0.3, 0.4) is 0 Å². The van der Waals surface area contributed by atoms with Crippen molar-refractivity contribution in [2.75, 3.05) is 0 Å². The summed E-state index contributed by atoms with van der Waals surface area (Å²) in [6, 6.07) is 7.82. The second kappa shape index (κ2) is 3.20. The molecule has 2 aromatic heterocycles. The molecule has 3 aromatic rings. The fraction of sp³-hybridized carbons (Fsp3) is 0. The van der Waals surface area contributed by atoms with Gasteiger partial charge in [-0.05, 0) is 24.3 Å². The molecular formula is C14H7FN2O2. The number of hydrogen-bond acceptors (Lipinski definition) is 2. The summed E-state index contributed by atoms with van der Waals surface area (Å²) in [6.45, 7) is 0. The van der Waals surface area contributed by atoms with Crippen molar-refractivity contribution in [1.29, 1.82) is 0 Å². The van der Waals surface area contributed by atoms with Crippen LogP contribution in [0.1, 0.15) is 10.4 Å². The van der Waals surface area contributed by atoms with Crippen molar-refractivity contribution in [3.63, 3.8) is 0 Å². The fourth-order valence-corrected chi connectivity index (χ4v) is 2.57. The van der Waals surface area contributed by atoms with Gasteiger partial charge >= 0.3 is 0 Å². The molecule has 0 fully saturated rings. The first-order chi connectivity index (χ1) is 9.18. The molecule has 0 saturated carbocycles. The number of rotatable bonds is 0. The van der Waals surface area contributed by atoms with Crippen LogP contribution in [-0.2, 0) is 0 Å². The summed E-state index contributed by atoms with van der Waals surface area (Å²) in [5.41, 5.74) is 0.927. The highest BCUT2D eigenvalue weighted by atomic mass is 19.1. The van der Waals surface area contributed by atoms with Gasteiger partial charge in [0, 0.05) is 6.20 Å². The number of carbonyl (C=O) groups excluding carboxylic acids is 1. The Balaban J connectivity index is 2.25. The lowest BCUT2D eigenvalue weighted by Gasteiger charge is -2.03. The standard InChI is InChI=1S/C14H7FN2O2/c15-7-3-1-4-8-10(7)13(18)11-12(16-8)9-5-2-6-17(9)14(11)19/h1-6H,(H,16,18). The minimum atomic E-state index is -0.620. The van der Waals surface area contributed by atoms with Crippen molar-refractivity contribution >= 4 is 16.8 Å². The van der Waals surface area contributed by atoms with E-state index in [4.69, 9.17) is 0 Å². The predicted molar refractivity (Wildman–Crippen MR) is 67.7 cm³/mol. The Morgan fingerprint density at radius 1 is 1.11 bits per heavy atom. The van der Waals surface area contributed by atoms with Gasteiger partial charge in [-0.2, -0.15) is 0 Å². The minimum Gasteiger partial charge on any atom is -0.352 e. The van der Waals surface area contributed by atoms with Crippen LogP contribution < -0.4 is 5.43 Å². The normalized spacial score (nSPS) is 12.8. The van der Waals surface area contributed by atoms with E-state index in [0.717, 1.165) is 0 Å². The van der Waals surface area contributed by atoms with Gasteiger partial charge in [0.05, 0.1) is 22.3 Å². The van der Waals surface area contributed by atoms with E-state index in [9.17, 15) is 14.0 Å². The molecule has 1 aromatic carbocycles. The van der Waals surface area contributed by atoms with Gasteiger partial charge in [0.1, 0.15) is 11.4 Å². The molecular weight excluding hydrogens is 247 g/mol. The van der Waals surface area contributed by atoms with E-state index in [0.29, 0.717) is 16.9 Å². The SMILES string of the molecule is O=C1c2c([nH]c3cccc(F)c3c2=O)-c2cccn21. The Kier molecular flexibility index (Phi) is 1.73. The predicted octanol–water partition coefficient (Wildman–Crippen LogP) is 2.14. The lowest BCUT2D eigenvalue weighted by molar-refractivity contribution is 0.0968. The molecule has 0 spiro atoms. The number of hydrogen-bond donors (Lipinski definition) is 1. The summed E-state index contributed by atoms with van der Waals surface area (Å²) in [5.74, 6) is -1.03. The molecule has 0 saturated heterocycles. The summed E-state index contributed by atoms with van der Waals surface area (Å²) in [7, 11) is 0. The van der Waals surface area contributed by atoms with Crippen molar-refractivity contribution in [3.8, 4) is 11.4 Å².